The van der Waals surface area contributed by atoms with Crippen LogP contribution in [0.2, 0.25) is 0 Å². The predicted octanol–water partition coefficient (Wildman–Crippen LogP) is 1.71. The molecule has 2 rings (SSSR count). The third-order valence-corrected chi connectivity index (χ3v) is 3.56. The Morgan fingerprint density at radius 2 is 2.08 bits per heavy atom. The van der Waals surface area contributed by atoms with Crippen molar-refractivity contribution in [2.75, 3.05) is 0 Å². The van der Waals surface area contributed by atoms with Gasteiger partial charge in [-0.1, -0.05) is 12.1 Å². The molecule has 0 fully saturated rings. The second kappa shape index (κ2) is 7.40. The molecule has 3 N–H and O–H groups in total. The number of aliphatic hydroxyl groups is 1. The fourth-order valence-corrected chi connectivity index (χ4v) is 2.32. The Bertz CT molecular complexity index is 776. The number of rotatable bonds is 6. The number of hydrogen-bond acceptors (Lipinski definition) is 4. The van der Waals surface area contributed by atoms with Crippen LogP contribution in [0.4, 0.5) is 0 Å². The predicted molar refractivity (Wildman–Crippen MR) is 91.8 cm³/mol. The Morgan fingerprint density at radius 1 is 1.33 bits per heavy atom. The maximum Gasteiger partial charge on any atom is 0.251 e. The SMILES string of the molecule is Cc1nc(CNC(=O)c2cccc(CCC(C)(C)O)c2)cc(=O)[nH]1. The number of carbonyl (C=O) groups is 1. The first-order valence-electron chi connectivity index (χ1n) is 7.89. The van der Waals surface area contributed by atoms with Crippen LogP contribution in [0.3, 0.4) is 0 Å². The molecule has 1 aromatic carbocycles. The molecule has 1 amide bonds. The second-order valence-corrected chi connectivity index (χ2v) is 6.52. The van der Waals surface area contributed by atoms with E-state index in [9.17, 15) is 14.7 Å². The highest BCUT2D eigenvalue weighted by Gasteiger charge is 2.13. The molecule has 0 atom stereocenters. The molecule has 0 radical (unpaired) electrons. The minimum absolute atomic E-state index is 0.192. The molecule has 1 heterocycles. The van der Waals surface area contributed by atoms with Gasteiger partial charge in [-0.3, -0.25) is 9.59 Å². The lowest BCUT2D eigenvalue weighted by atomic mass is 9.98. The molecular weight excluding hydrogens is 306 g/mol. The largest absolute Gasteiger partial charge is 0.390 e. The van der Waals surface area contributed by atoms with E-state index in [4.69, 9.17) is 0 Å². The van der Waals surface area contributed by atoms with Gasteiger partial charge in [-0.25, -0.2) is 4.98 Å². The van der Waals surface area contributed by atoms with Gasteiger partial charge in [0.05, 0.1) is 17.8 Å². The van der Waals surface area contributed by atoms with E-state index >= 15 is 0 Å². The van der Waals surface area contributed by atoms with Crippen molar-refractivity contribution in [1.82, 2.24) is 15.3 Å². The molecule has 6 heteroatoms. The first-order valence-corrected chi connectivity index (χ1v) is 7.89. The van der Waals surface area contributed by atoms with Crippen LogP contribution in [0.15, 0.2) is 35.1 Å². The summed E-state index contributed by atoms with van der Waals surface area (Å²) in [6.45, 7) is 5.41. The van der Waals surface area contributed by atoms with Gasteiger partial charge in [-0.05, 0) is 51.3 Å². The molecule has 2 aromatic rings. The summed E-state index contributed by atoms with van der Waals surface area (Å²) in [4.78, 5) is 30.4. The summed E-state index contributed by atoms with van der Waals surface area (Å²) in [6, 6.07) is 8.68. The summed E-state index contributed by atoms with van der Waals surface area (Å²) in [5, 5.41) is 12.6. The first kappa shape index (κ1) is 17.9. The zero-order chi connectivity index (χ0) is 17.7. The number of benzene rings is 1. The van der Waals surface area contributed by atoms with Crippen LogP contribution in [0.1, 0.15) is 47.7 Å². The first-order chi connectivity index (χ1) is 11.2. The summed E-state index contributed by atoms with van der Waals surface area (Å²) in [5.74, 6) is 0.292. The van der Waals surface area contributed by atoms with Crippen LogP contribution in [0.5, 0.6) is 0 Å². The van der Waals surface area contributed by atoms with E-state index < -0.39 is 5.60 Å². The van der Waals surface area contributed by atoms with Crippen molar-refractivity contribution in [3.8, 4) is 0 Å². The number of amides is 1. The number of hydrogen-bond donors (Lipinski definition) is 3. The fraction of sp³-hybridized carbons (Fsp3) is 0.389. The average molecular weight is 329 g/mol. The van der Waals surface area contributed by atoms with Gasteiger partial charge in [-0.15, -0.1) is 0 Å². The van der Waals surface area contributed by atoms with Crippen LogP contribution in [0, 0.1) is 6.92 Å². The Morgan fingerprint density at radius 3 is 2.75 bits per heavy atom. The summed E-state index contributed by atoms with van der Waals surface area (Å²) in [5.41, 5.74) is 1.09. The topological polar surface area (TPSA) is 95.1 Å². The highest BCUT2D eigenvalue weighted by molar-refractivity contribution is 5.94. The van der Waals surface area contributed by atoms with E-state index in [1.807, 2.05) is 18.2 Å². The smallest absolute Gasteiger partial charge is 0.251 e. The Kier molecular flexibility index (Phi) is 5.51. The molecule has 0 saturated carbocycles. The quantitative estimate of drug-likeness (QED) is 0.752. The van der Waals surface area contributed by atoms with E-state index in [0.29, 0.717) is 29.9 Å². The lowest BCUT2D eigenvalue weighted by Gasteiger charge is -2.16. The maximum absolute atomic E-state index is 12.3. The number of nitrogens with one attached hydrogen (secondary N) is 2. The van der Waals surface area contributed by atoms with Crippen molar-refractivity contribution in [2.45, 2.75) is 45.8 Å². The number of aromatic amines is 1. The van der Waals surface area contributed by atoms with Gasteiger partial charge in [0.2, 0.25) is 0 Å². The monoisotopic (exact) mass is 329 g/mol. The average Bonchev–Trinajstić information content (AvgIpc) is 2.49. The van der Waals surface area contributed by atoms with Crippen molar-refractivity contribution < 1.29 is 9.90 Å². The Hall–Kier alpha value is -2.47. The number of carbonyl (C=O) groups excluding carboxylic acids is 1. The molecule has 0 bridgehead atoms. The molecule has 0 aliphatic rings. The van der Waals surface area contributed by atoms with Gasteiger partial charge < -0.3 is 15.4 Å². The van der Waals surface area contributed by atoms with E-state index in [2.05, 4.69) is 15.3 Å². The van der Waals surface area contributed by atoms with Gasteiger partial charge >= 0.3 is 0 Å². The number of aromatic nitrogens is 2. The van der Waals surface area contributed by atoms with Gasteiger partial charge in [0.25, 0.3) is 11.5 Å². The fourth-order valence-electron chi connectivity index (χ4n) is 2.32. The molecule has 0 saturated heterocycles. The van der Waals surface area contributed by atoms with Crippen LogP contribution in [-0.4, -0.2) is 26.6 Å². The zero-order valence-corrected chi connectivity index (χ0v) is 14.2. The second-order valence-electron chi connectivity index (χ2n) is 6.52. The van der Waals surface area contributed by atoms with Crippen molar-refractivity contribution in [2.24, 2.45) is 0 Å². The van der Waals surface area contributed by atoms with Crippen LogP contribution >= 0.6 is 0 Å². The molecule has 6 nitrogen and oxygen atoms in total. The number of H-pyrrole nitrogens is 1. The standard InChI is InChI=1S/C18H23N3O3/c1-12-20-15(10-16(22)21-12)11-19-17(23)14-6-4-5-13(9-14)7-8-18(2,3)24/h4-6,9-10,24H,7-8,11H2,1-3H3,(H,19,23)(H,20,21,22). The zero-order valence-electron chi connectivity index (χ0n) is 14.2. The highest BCUT2D eigenvalue weighted by Crippen LogP contribution is 2.14. The number of aryl methyl sites for hydroxylation is 2. The Labute approximate surface area is 141 Å². The van der Waals surface area contributed by atoms with E-state index in [0.717, 1.165) is 5.56 Å². The molecule has 128 valence electrons. The lowest BCUT2D eigenvalue weighted by Crippen LogP contribution is -2.25. The van der Waals surface area contributed by atoms with Gasteiger partial charge in [-0.2, -0.15) is 0 Å². The summed E-state index contributed by atoms with van der Waals surface area (Å²) in [6.07, 6.45) is 1.31. The van der Waals surface area contributed by atoms with Crippen molar-refractivity contribution in [3.63, 3.8) is 0 Å². The Balaban J connectivity index is 2.00. The molecule has 0 aliphatic carbocycles. The lowest BCUT2D eigenvalue weighted by molar-refractivity contribution is 0.0714. The molecule has 0 unspecified atom stereocenters. The minimum Gasteiger partial charge on any atom is -0.390 e. The molecule has 0 aliphatic heterocycles. The van der Waals surface area contributed by atoms with Gasteiger partial charge in [0, 0.05) is 11.6 Å². The highest BCUT2D eigenvalue weighted by atomic mass is 16.3. The molecule has 24 heavy (non-hydrogen) atoms. The van der Waals surface area contributed by atoms with Crippen molar-refractivity contribution >= 4 is 5.91 Å². The molecule has 1 aromatic heterocycles. The van der Waals surface area contributed by atoms with Crippen molar-refractivity contribution in [3.05, 3.63) is 63.3 Å². The van der Waals surface area contributed by atoms with E-state index in [-0.39, 0.29) is 18.0 Å². The third-order valence-electron chi connectivity index (χ3n) is 3.56. The molecule has 0 spiro atoms. The summed E-state index contributed by atoms with van der Waals surface area (Å²) >= 11 is 0. The normalized spacial score (nSPS) is 11.3. The van der Waals surface area contributed by atoms with E-state index in [1.165, 1.54) is 6.07 Å². The van der Waals surface area contributed by atoms with Gasteiger partial charge in [0.15, 0.2) is 0 Å². The maximum atomic E-state index is 12.3. The minimum atomic E-state index is -0.734. The summed E-state index contributed by atoms with van der Waals surface area (Å²) in [7, 11) is 0. The van der Waals surface area contributed by atoms with E-state index in [1.54, 1.807) is 26.8 Å². The number of nitrogens with zero attached hydrogens (tertiary/aromatic N) is 1. The van der Waals surface area contributed by atoms with Crippen molar-refractivity contribution in [1.29, 1.82) is 0 Å². The third kappa shape index (κ3) is 5.62. The summed E-state index contributed by atoms with van der Waals surface area (Å²) < 4.78 is 0. The van der Waals surface area contributed by atoms with Crippen LogP contribution < -0.4 is 10.9 Å². The van der Waals surface area contributed by atoms with Crippen LogP contribution in [-0.2, 0) is 13.0 Å². The van der Waals surface area contributed by atoms with Gasteiger partial charge in [0.1, 0.15) is 5.82 Å². The van der Waals surface area contributed by atoms with Crippen LogP contribution in [0.25, 0.3) is 0 Å². The molecular formula is C18H23N3O3.